The summed E-state index contributed by atoms with van der Waals surface area (Å²) in [6, 6.07) is 7.54. The molecule has 2 aromatic heterocycles. The highest BCUT2D eigenvalue weighted by atomic mass is 16.5. The van der Waals surface area contributed by atoms with Crippen LogP contribution in [-0.2, 0) is 17.6 Å². The molecule has 6 nitrogen and oxygen atoms in total. The third kappa shape index (κ3) is 3.78. The lowest BCUT2D eigenvalue weighted by atomic mass is 9.84. The van der Waals surface area contributed by atoms with Crippen LogP contribution in [0.5, 0.6) is 0 Å². The zero-order valence-corrected chi connectivity index (χ0v) is 18.3. The first-order valence-corrected chi connectivity index (χ1v) is 10.6. The fourth-order valence-electron chi connectivity index (χ4n) is 4.63. The van der Waals surface area contributed by atoms with Gasteiger partial charge in [-0.3, -0.25) is 14.6 Å². The summed E-state index contributed by atoms with van der Waals surface area (Å²) < 4.78 is 5.50. The number of nitrogens with one attached hydrogen (secondary N) is 1. The molecule has 1 aliphatic carbocycles. The number of aromatic nitrogens is 2. The summed E-state index contributed by atoms with van der Waals surface area (Å²) in [6.07, 6.45) is 2.63. The number of Topliss-reactive ketones (excluding diaryl/α,β-unsaturated/α-hetero) is 2. The maximum Gasteiger partial charge on any atom is 0.339 e. The minimum atomic E-state index is -0.509. The van der Waals surface area contributed by atoms with E-state index in [0.717, 1.165) is 41.4 Å². The molecule has 1 atom stereocenters. The molecule has 0 radical (unpaired) electrons. The largest absolute Gasteiger partial charge is 0.454 e. The molecule has 0 amide bonds. The number of para-hydroxylation sites is 1. The second-order valence-corrected chi connectivity index (χ2v) is 8.46. The number of H-pyrrole nitrogens is 1. The number of ether oxygens (including phenoxy) is 1. The van der Waals surface area contributed by atoms with Gasteiger partial charge >= 0.3 is 5.97 Å². The third-order valence-electron chi connectivity index (χ3n) is 6.11. The Morgan fingerprint density at radius 3 is 2.61 bits per heavy atom. The number of carbonyl (C=O) groups is 3. The predicted molar refractivity (Wildman–Crippen MR) is 118 cm³/mol. The highest BCUT2D eigenvalue weighted by molar-refractivity contribution is 6.07. The zero-order valence-electron chi connectivity index (χ0n) is 18.3. The lowest BCUT2D eigenvalue weighted by molar-refractivity contribution is 0.0473. The number of pyridine rings is 1. The molecule has 1 N–H and O–H groups in total. The number of fused-ring (bicyclic) bond motifs is 2. The van der Waals surface area contributed by atoms with E-state index in [4.69, 9.17) is 9.72 Å². The van der Waals surface area contributed by atoms with Crippen LogP contribution in [0, 0.1) is 19.8 Å². The van der Waals surface area contributed by atoms with Gasteiger partial charge in [0.25, 0.3) is 0 Å². The Morgan fingerprint density at radius 2 is 1.90 bits per heavy atom. The van der Waals surface area contributed by atoms with Crippen LogP contribution in [0.3, 0.4) is 0 Å². The van der Waals surface area contributed by atoms with Crippen molar-refractivity contribution in [3.8, 4) is 0 Å². The van der Waals surface area contributed by atoms with Crippen molar-refractivity contribution in [2.45, 2.75) is 47.0 Å². The van der Waals surface area contributed by atoms with Crippen molar-refractivity contribution in [2.75, 3.05) is 6.61 Å². The van der Waals surface area contributed by atoms with Crippen LogP contribution < -0.4 is 0 Å². The van der Waals surface area contributed by atoms with E-state index >= 15 is 0 Å². The van der Waals surface area contributed by atoms with Gasteiger partial charge in [0, 0.05) is 22.3 Å². The summed E-state index contributed by atoms with van der Waals surface area (Å²) in [5, 5.41) is 0.749. The van der Waals surface area contributed by atoms with Gasteiger partial charge in [-0.25, -0.2) is 4.79 Å². The molecule has 0 saturated heterocycles. The summed E-state index contributed by atoms with van der Waals surface area (Å²) in [4.78, 5) is 45.5. The number of rotatable bonds is 5. The average Bonchev–Trinajstić information content (AvgIpc) is 3.04. The molecule has 2 heterocycles. The van der Waals surface area contributed by atoms with E-state index in [1.165, 1.54) is 6.92 Å². The van der Waals surface area contributed by atoms with E-state index in [-0.39, 0.29) is 11.6 Å². The lowest BCUT2D eigenvalue weighted by Crippen LogP contribution is -2.21. The maximum atomic E-state index is 13.2. The predicted octanol–water partition coefficient (Wildman–Crippen LogP) is 4.55. The van der Waals surface area contributed by atoms with Crippen LogP contribution >= 0.6 is 0 Å². The topological polar surface area (TPSA) is 89.1 Å². The number of nitrogens with zero attached hydrogens (tertiary/aromatic N) is 1. The van der Waals surface area contributed by atoms with Crippen molar-refractivity contribution in [1.82, 2.24) is 9.97 Å². The van der Waals surface area contributed by atoms with Crippen molar-refractivity contribution in [3.05, 3.63) is 63.6 Å². The van der Waals surface area contributed by atoms with Gasteiger partial charge in [-0.2, -0.15) is 0 Å². The van der Waals surface area contributed by atoms with Gasteiger partial charge in [0.15, 0.2) is 12.4 Å². The van der Waals surface area contributed by atoms with E-state index in [2.05, 4.69) is 11.9 Å². The number of carbonyl (C=O) groups excluding carboxylic acids is 3. The number of aryl methyl sites for hydroxylation is 2. The van der Waals surface area contributed by atoms with Crippen LogP contribution in [0.4, 0.5) is 0 Å². The van der Waals surface area contributed by atoms with Crippen molar-refractivity contribution >= 4 is 28.4 Å². The van der Waals surface area contributed by atoms with Gasteiger partial charge in [-0.15, -0.1) is 0 Å². The molecule has 0 aliphatic heterocycles. The molecule has 0 spiro atoms. The van der Waals surface area contributed by atoms with Crippen LogP contribution in [0.25, 0.3) is 10.9 Å². The number of aromatic amines is 1. The molecular formula is C25H26N2O4. The zero-order chi connectivity index (χ0) is 22.3. The van der Waals surface area contributed by atoms with Crippen molar-refractivity contribution in [3.63, 3.8) is 0 Å². The monoisotopic (exact) mass is 418 g/mol. The first-order valence-electron chi connectivity index (χ1n) is 10.6. The average molecular weight is 418 g/mol. The standard InChI is InChI=1S/C25H26N2O4/c1-13-9-10-20-18(11-13)23(17-7-5-6-8-19(17)27-20)25(30)31-12-21(29)24-14(2)22(16(4)28)15(3)26-24/h5-8,13,26H,9-12H2,1-4H3/t13-/m1/s1. The maximum absolute atomic E-state index is 13.2. The highest BCUT2D eigenvalue weighted by Crippen LogP contribution is 2.32. The number of esters is 1. The quantitative estimate of drug-likeness (QED) is 0.485. The van der Waals surface area contributed by atoms with Gasteiger partial charge in [0.2, 0.25) is 5.78 Å². The van der Waals surface area contributed by atoms with Gasteiger partial charge < -0.3 is 9.72 Å². The van der Waals surface area contributed by atoms with E-state index in [1.807, 2.05) is 24.3 Å². The summed E-state index contributed by atoms with van der Waals surface area (Å²) in [5.74, 6) is -0.517. The Bertz CT molecular complexity index is 1220. The van der Waals surface area contributed by atoms with Gasteiger partial charge in [0.05, 0.1) is 16.8 Å². The van der Waals surface area contributed by atoms with E-state index in [9.17, 15) is 14.4 Å². The summed E-state index contributed by atoms with van der Waals surface area (Å²) >= 11 is 0. The molecule has 4 rings (SSSR count). The van der Waals surface area contributed by atoms with Crippen LogP contribution in [0.2, 0.25) is 0 Å². The summed E-state index contributed by atoms with van der Waals surface area (Å²) in [5.41, 5.74) is 5.20. The van der Waals surface area contributed by atoms with Crippen LogP contribution in [0.1, 0.15) is 74.0 Å². The molecule has 0 bridgehead atoms. The second kappa shape index (κ2) is 8.10. The van der Waals surface area contributed by atoms with Crippen molar-refractivity contribution < 1.29 is 19.1 Å². The minimum absolute atomic E-state index is 0.105. The first-order chi connectivity index (χ1) is 14.8. The Kier molecular flexibility index (Phi) is 5.48. The molecule has 31 heavy (non-hydrogen) atoms. The smallest absolute Gasteiger partial charge is 0.339 e. The van der Waals surface area contributed by atoms with Crippen molar-refractivity contribution in [1.29, 1.82) is 0 Å². The fraction of sp³-hybridized carbons (Fsp3) is 0.360. The third-order valence-corrected chi connectivity index (χ3v) is 6.11. The molecule has 0 fully saturated rings. The van der Waals surface area contributed by atoms with Crippen molar-refractivity contribution in [2.24, 2.45) is 5.92 Å². The number of benzene rings is 1. The Balaban J connectivity index is 1.64. The second-order valence-electron chi connectivity index (χ2n) is 8.46. The highest BCUT2D eigenvalue weighted by Gasteiger charge is 2.27. The first kappa shape index (κ1) is 21.0. The molecule has 0 unspecified atom stereocenters. The summed E-state index contributed by atoms with van der Waals surface area (Å²) in [6.45, 7) is 6.72. The van der Waals surface area contributed by atoms with E-state index in [0.29, 0.717) is 34.0 Å². The molecular weight excluding hydrogens is 392 g/mol. The molecule has 6 heteroatoms. The molecule has 1 aliphatic rings. The van der Waals surface area contributed by atoms with Gasteiger partial charge in [-0.1, -0.05) is 25.1 Å². The normalized spacial score (nSPS) is 15.5. The SMILES string of the molecule is CC(=O)c1c(C)[nH]c(C(=O)COC(=O)c2c3c(nc4ccccc24)CC[C@@H](C)C3)c1C. The molecule has 0 saturated carbocycles. The number of hydrogen-bond acceptors (Lipinski definition) is 5. The van der Waals surface area contributed by atoms with Gasteiger partial charge in [-0.05, 0) is 63.1 Å². The lowest BCUT2D eigenvalue weighted by Gasteiger charge is -2.24. The molecule has 1 aromatic carbocycles. The minimum Gasteiger partial charge on any atom is -0.454 e. The van der Waals surface area contributed by atoms with E-state index < -0.39 is 12.6 Å². The fourth-order valence-corrected chi connectivity index (χ4v) is 4.63. The van der Waals surface area contributed by atoms with Gasteiger partial charge in [0.1, 0.15) is 0 Å². The van der Waals surface area contributed by atoms with E-state index in [1.54, 1.807) is 13.8 Å². The Morgan fingerprint density at radius 1 is 1.16 bits per heavy atom. The Labute approximate surface area is 181 Å². The molecule has 3 aromatic rings. The number of hydrogen-bond donors (Lipinski definition) is 1. The number of ketones is 2. The van der Waals surface area contributed by atoms with Crippen LogP contribution in [0.15, 0.2) is 24.3 Å². The Hall–Kier alpha value is -3.28. The molecule has 160 valence electrons. The summed E-state index contributed by atoms with van der Waals surface area (Å²) in [7, 11) is 0. The van der Waals surface area contributed by atoms with Crippen LogP contribution in [-0.4, -0.2) is 34.1 Å².